The number of hydrogen-bond donors (Lipinski definition) is 2. The van der Waals surface area contributed by atoms with E-state index in [1.165, 1.54) is 6.07 Å². The Hall–Kier alpha value is -2.16. The summed E-state index contributed by atoms with van der Waals surface area (Å²) in [6, 6.07) is 1.52. The van der Waals surface area contributed by atoms with E-state index in [9.17, 15) is 10.1 Å². The fourth-order valence-electron chi connectivity index (χ4n) is 3.75. The zero-order valence-electron chi connectivity index (χ0n) is 14.3. The van der Waals surface area contributed by atoms with Crippen LogP contribution in [0.25, 0.3) is 0 Å². The number of guanidine groups is 2. The van der Waals surface area contributed by atoms with Crippen molar-refractivity contribution in [2.24, 2.45) is 21.5 Å². The average molecular weight is 409 g/mol. The highest BCUT2D eigenvalue weighted by atomic mass is 79.9. The van der Waals surface area contributed by atoms with Crippen LogP contribution in [0.5, 0.6) is 0 Å². The number of nitro benzene ring substituents is 1. The lowest BCUT2D eigenvalue weighted by atomic mass is 9.86. The number of halogens is 1. The third-order valence-corrected chi connectivity index (χ3v) is 5.67. The molecule has 2 aliphatic rings. The van der Waals surface area contributed by atoms with Crippen LogP contribution in [-0.4, -0.2) is 22.5 Å². The molecule has 8 nitrogen and oxygen atoms in total. The molecule has 1 saturated carbocycles. The fraction of sp³-hybridized carbons (Fsp3) is 0.500. The van der Waals surface area contributed by atoms with E-state index in [0.29, 0.717) is 10.0 Å². The maximum absolute atomic E-state index is 11.3. The van der Waals surface area contributed by atoms with E-state index in [4.69, 9.17) is 11.5 Å². The van der Waals surface area contributed by atoms with Gasteiger partial charge >= 0.3 is 0 Å². The first kappa shape index (κ1) is 17.7. The maximum Gasteiger partial charge on any atom is 0.273 e. The van der Waals surface area contributed by atoms with Gasteiger partial charge in [0.1, 0.15) is 5.66 Å². The van der Waals surface area contributed by atoms with E-state index in [1.54, 1.807) is 6.92 Å². The van der Waals surface area contributed by atoms with E-state index in [-0.39, 0.29) is 22.5 Å². The summed E-state index contributed by atoms with van der Waals surface area (Å²) in [5, 5.41) is 11.3. The molecule has 1 aromatic rings. The monoisotopic (exact) mass is 408 g/mol. The van der Waals surface area contributed by atoms with Crippen LogP contribution in [0.3, 0.4) is 0 Å². The Balaban J connectivity index is 2.21. The van der Waals surface area contributed by atoms with Crippen molar-refractivity contribution >= 4 is 39.2 Å². The molecule has 1 heterocycles. The minimum atomic E-state index is -0.579. The molecule has 0 bridgehead atoms. The van der Waals surface area contributed by atoms with Crippen LogP contribution in [0, 0.1) is 24.0 Å². The van der Waals surface area contributed by atoms with Crippen molar-refractivity contribution in [2.75, 3.05) is 4.90 Å². The summed E-state index contributed by atoms with van der Waals surface area (Å²) >= 11 is 3.49. The zero-order valence-corrected chi connectivity index (χ0v) is 15.8. The summed E-state index contributed by atoms with van der Waals surface area (Å²) in [6.45, 7) is 3.60. The lowest BCUT2D eigenvalue weighted by molar-refractivity contribution is -0.385. The number of aliphatic imine (C=N–C) groups is 2. The summed E-state index contributed by atoms with van der Waals surface area (Å²) in [5.74, 6) is 0.453. The Labute approximate surface area is 154 Å². The first-order valence-corrected chi connectivity index (χ1v) is 9.00. The molecule has 0 radical (unpaired) electrons. The number of nitro groups is 1. The molecule has 0 aromatic heterocycles. The van der Waals surface area contributed by atoms with Gasteiger partial charge in [-0.15, -0.1) is 0 Å². The number of nitrogens with two attached hydrogens (primary N) is 2. The molecule has 9 heteroatoms. The molecule has 134 valence electrons. The number of benzene rings is 1. The summed E-state index contributed by atoms with van der Waals surface area (Å²) in [6.07, 6.45) is 4.80. The normalized spacial score (nSPS) is 19.6. The number of hydrogen-bond acceptors (Lipinski definition) is 7. The summed E-state index contributed by atoms with van der Waals surface area (Å²) in [4.78, 5) is 21.6. The molecule has 0 unspecified atom stereocenters. The third kappa shape index (κ3) is 2.86. The van der Waals surface area contributed by atoms with Crippen molar-refractivity contribution in [3.05, 3.63) is 31.8 Å². The zero-order chi connectivity index (χ0) is 18.4. The Morgan fingerprint density at radius 1 is 1.24 bits per heavy atom. The molecule has 0 atom stereocenters. The van der Waals surface area contributed by atoms with E-state index >= 15 is 0 Å². The van der Waals surface area contributed by atoms with Crippen molar-refractivity contribution < 1.29 is 4.92 Å². The van der Waals surface area contributed by atoms with Gasteiger partial charge in [0, 0.05) is 16.1 Å². The SMILES string of the molecule is Cc1c([N+](=O)[O-])cc(Br)c(N2C(N)=NC(N)=NC23CCCCC3)c1C. The summed E-state index contributed by atoms with van der Waals surface area (Å²) < 4.78 is 0.598. The second-order valence-corrected chi connectivity index (χ2v) is 7.41. The highest BCUT2D eigenvalue weighted by Gasteiger charge is 2.44. The van der Waals surface area contributed by atoms with Gasteiger partial charge in [-0.05, 0) is 61.0 Å². The van der Waals surface area contributed by atoms with Crippen LogP contribution in [0.15, 0.2) is 20.5 Å². The summed E-state index contributed by atoms with van der Waals surface area (Å²) in [5.41, 5.74) is 13.8. The minimum absolute atomic E-state index is 0.0707. The number of rotatable bonds is 2. The fourth-order valence-corrected chi connectivity index (χ4v) is 4.45. The highest BCUT2D eigenvalue weighted by molar-refractivity contribution is 9.10. The first-order valence-electron chi connectivity index (χ1n) is 8.20. The van der Waals surface area contributed by atoms with Crippen LogP contribution in [0.1, 0.15) is 43.2 Å². The van der Waals surface area contributed by atoms with Gasteiger partial charge in [0.25, 0.3) is 5.69 Å². The van der Waals surface area contributed by atoms with Crippen molar-refractivity contribution in [3.63, 3.8) is 0 Å². The standard InChI is InChI=1S/C16H21BrN6O2/c1-9-10(2)13(11(17)8-12(9)23(24)25)22-15(19)20-14(18)21-16(22)6-4-3-5-7-16/h8H,3-7H2,1-2H3,(H4,18,19,20,21). The maximum atomic E-state index is 11.3. The van der Waals surface area contributed by atoms with Gasteiger partial charge in [0.2, 0.25) is 11.9 Å². The van der Waals surface area contributed by atoms with Crippen molar-refractivity contribution in [2.45, 2.75) is 51.6 Å². The van der Waals surface area contributed by atoms with Gasteiger partial charge in [-0.2, -0.15) is 4.99 Å². The Kier molecular flexibility index (Phi) is 4.44. The van der Waals surface area contributed by atoms with Gasteiger partial charge < -0.3 is 11.5 Å². The van der Waals surface area contributed by atoms with Gasteiger partial charge in [0.15, 0.2) is 0 Å². The van der Waals surface area contributed by atoms with E-state index < -0.39 is 5.66 Å². The second kappa shape index (κ2) is 6.29. The number of nitrogens with zero attached hydrogens (tertiary/aromatic N) is 4. The van der Waals surface area contributed by atoms with Gasteiger partial charge in [0.05, 0.1) is 10.6 Å². The van der Waals surface area contributed by atoms with E-state index in [2.05, 4.69) is 25.9 Å². The lowest BCUT2D eigenvalue weighted by Crippen LogP contribution is -2.58. The molecule has 0 amide bonds. The van der Waals surface area contributed by atoms with Gasteiger partial charge in [-0.3, -0.25) is 15.0 Å². The highest BCUT2D eigenvalue weighted by Crippen LogP contribution is 2.45. The summed E-state index contributed by atoms with van der Waals surface area (Å²) in [7, 11) is 0. The first-order chi connectivity index (χ1) is 11.8. The third-order valence-electron chi connectivity index (χ3n) is 5.06. The van der Waals surface area contributed by atoms with E-state index in [0.717, 1.165) is 43.4 Å². The van der Waals surface area contributed by atoms with Gasteiger partial charge in [-0.1, -0.05) is 6.42 Å². The molecular weight excluding hydrogens is 388 g/mol. The Bertz CT molecular complexity index is 798. The van der Waals surface area contributed by atoms with Gasteiger partial charge in [-0.25, -0.2) is 4.99 Å². The molecule has 1 spiro atoms. The van der Waals surface area contributed by atoms with Crippen molar-refractivity contribution in [1.29, 1.82) is 0 Å². The Morgan fingerprint density at radius 3 is 2.48 bits per heavy atom. The topological polar surface area (TPSA) is 123 Å². The quantitative estimate of drug-likeness (QED) is 0.574. The molecule has 1 aliphatic heterocycles. The van der Waals surface area contributed by atoms with Crippen molar-refractivity contribution in [3.8, 4) is 0 Å². The molecule has 3 rings (SSSR count). The largest absolute Gasteiger partial charge is 0.369 e. The van der Waals surface area contributed by atoms with Crippen LogP contribution in [0.2, 0.25) is 0 Å². The molecule has 4 N–H and O–H groups in total. The van der Waals surface area contributed by atoms with Crippen LogP contribution >= 0.6 is 15.9 Å². The number of anilines is 1. The molecular formula is C16H21BrN6O2. The smallest absolute Gasteiger partial charge is 0.273 e. The second-order valence-electron chi connectivity index (χ2n) is 6.55. The molecule has 1 fully saturated rings. The van der Waals surface area contributed by atoms with E-state index in [1.807, 2.05) is 11.8 Å². The lowest BCUT2D eigenvalue weighted by Gasteiger charge is -2.46. The molecule has 25 heavy (non-hydrogen) atoms. The van der Waals surface area contributed by atoms with Crippen LogP contribution in [0.4, 0.5) is 11.4 Å². The molecule has 1 aliphatic carbocycles. The Morgan fingerprint density at radius 2 is 1.88 bits per heavy atom. The minimum Gasteiger partial charge on any atom is -0.369 e. The van der Waals surface area contributed by atoms with Crippen LogP contribution < -0.4 is 16.4 Å². The average Bonchev–Trinajstić information content (AvgIpc) is 2.53. The predicted molar refractivity (Wildman–Crippen MR) is 102 cm³/mol. The molecule has 0 saturated heterocycles. The predicted octanol–water partition coefficient (Wildman–Crippen LogP) is 3.08. The molecule has 1 aromatic carbocycles. The van der Waals surface area contributed by atoms with Crippen LogP contribution in [-0.2, 0) is 0 Å². The van der Waals surface area contributed by atoms with Crippen molar-refractivity contribution in [1.82, 2.24) is 0 Å².